The van der Waals surface area contributed by atoms with E-state index in [4.69, 9.17) is 5.84 Å². The maximum atomic E-state index is 13.9. The van der Waals surface area contributed by atoms with E-state index in [2.05, 4.69) is 26.5 Å². The lowest BCUT2D eigenvalue weighted by Crippen LogP contribution is -2.31. The molecule has 1 aromatic heterocycles. The molecule has 0 amide bonds. The van der Waals surface area contributed by atoms with E-state index < -0.39 is 17.7 Å². The van der Waals surface area contributed by atoms with Gasteiger partial charge in [0, 0.05) is 12.1 Å². The van der Waals surface area contributed by atoms with Crippen LogP contribution in [-0.2, 0) is 6.54 Å². The number of rotatable bonds is 5. The van der Waals surface area contributed by atoms with Crippen LogP contribution in [0.25, 0.3) is 0 Å². The second-order valence-corrected chi connectivity index (χ2v) is 5.22. The van der Waals surface area contributed by atoms with Gasteiger partial charge in [0.1, 0.15) is 11.6 Å². The van der Waals surface area contributed by atoms with E-state index in [0.29, 0.717) is 16.7 Å². The minimum absolute atomic E-state index is 0.144. The Balaban J connectivity index is 2.52. The van der Waals surface area contributed by atoms with Crippen LogP contribution < -0.4 is 11.3 Å². The van der Waals surface area contributed by atoms with Gasteiger partial charge in [-0.15, -0.1) is 0 Å². The van der Waals surface area contributed by atoms with Gasteiger partial charge in [-0.3, -0.25) is 10.5 Å². The zero-order valence-corrected chi connectivity index (χ0v) is 12.5. The Labute approximate surface area is 124 Å². The van der Waals surface area contributed by atoms with E-state index in [1.165, 1.54) is 0 Å². The molecule has 20 heavy (non-hydrogen) atoms. The summed E-state index contributed by atoms with van der Waals surface area (Å²) in [4.78, 5) is 0. The van der Waals surface area contributed by atoms with Crippen LogP contribution in [0.3, 0.4) is 0 Å². The van der Waals surface area contributed by atoms with Gasteiger partial charge in [-0.1, -0.05) is 6.92 Å². The second kappa shape index (κ2) is 6.43. The lowest BCUT2D eigenvalue weighted by atomic mass is 10.0. The normalized spacial score (nSPS) is 12.7. The van der Waals surface area contributed by atoms with Crippen LogP contribution in [0.2, 0.25) is 0 Å². The van der Waals surface area contributed by atoms with Gasteiger partial charge in [0.25, 0.3) is 0 Å². The van der Waals surface area contributed by atoms with Crippen molar-refractivity contribution in [3.63, 3.8) is 0 Å². The lowest BCUT2D eigenvalue weighted by molar-refractivity contribution is 0.496. The maximum Gasteiger partial charge on any atom is 0.128 e. The molecule has 4 nitrogen and oxygen atoms in total. The number of hydrazine groups is 1. The molecular weight excluding hydrogens is 330 g/mol. The molecule has 1 aromatic carbocycles. The summed E-state index contributed by atoms with van der Waals surface area (Å²) >= 11 is 3.37. The molecule has 0 aliphatic carbocycles. The van der Waals surface area contributed by atoms with Crippen molar-refractivity contribution >= 4 is 15.9 Å². The van der Waals surface area contributed by atoms with Gasteiger partial charge in [0.2, 0.25) is 0 Å². The predicted octanol–water partition coefficient (Wildman–Crippen LogP) is 2.89. The van der Waals surface area contributed by atoms with E-state index in [1.54, 1.807) is 10.9 Å². The quantitative estimate of drug-likeness (QED) is 0.647. The van der Waals surface area contributed by atoms with Gasteiger partial charge in [0.15, 0.2) is 0 Å². The Morgan fingerprint density at radius 2 is 2.20 bits per heavy atom. The third kappa shape index (κ3) is 2.89. The third-order valence-corrected chi connectivity index (χ3v) is 3.59. The Morgan fingerprint density at radius 1 is 1.45 bits per heavy atom. The first-order chi connectivity index (χ1) is 9.58. The number of aromatic nitrogens is 2. The van der Waals surface area contributed by atoms with Crippen LogP contribution >= 0.6 is 15.9 Å². The van der Waals surface area contributed by atoms with E-state index >= 15 is 0 Å². The number of benzene rings is 1. The van der Waals surface area contributed by atoms with Crippen molar-refractivity contribution in [3.05, 3.63) is 51.8 Å². The Morgan fingerprint density at radius 3 is 2.85 bits per heavy atom. The Bertz CT molecular complexity index is 600. The molecule has 0 radical (unpaired) electrons. The zero-order valence-electron chi connectivity index (χ0n) is 10.9. The average molecular weight is 345 g/mol. The smallest absolute Gasteiger partial charge is 0.128 e. The van der Waals surface area contributed by atoms with Crippen LogP contribution in [-0.4, -0.2) is 9.78 Å². The summed E-state index contributed by atoms with van der Waals surface area (Å²) in [6.45, 7) is 2.67. The summed E-state index contributed by atoms with van der Waals surface area (Å²) in [6, 6.07) is 2.61. The number of nitrogens with one attached hydrogen (secondary N) is 1. The SMILES string of the molecule is CCCn1ncc(Br)c1C(NN)c1cc(F)ccc1F. The van der Waals surface area contributed by atoms with Crippen molar-refractivity contribution in [1.82, 2.24) is 15.2 Å². The fourth-order valence-electron chi connectivity index (χ4n) is 2.10. The van der Waals surface area contributed by atoms with Crippen molar-refractivity contribution in [2.75, 3.05) is 0 Å². The predicted molar refractivity (Wildman–Crippen MR) is 75.7 cm³/mol. The highest BCUT2D eigenvalue weighted by Gasteiger charge is 2.23. The molecule has 0 aliphatic heterocycles. The molecule has 0 aliphatic rings. The number of nitrogens with two attached hydrogens (primary N) is 1. The maximum absolute atomic E-state index is 13.9. The molecule has 1 heterocycles. The van der Waals surface area contributed by atoms with Crippen LogP contribution in [0.15, 0.2) is 28.9 Å². The zero-order chi connectivity index (χ0) is 14.7. The topological polar surface area (TPSA) is 55.9 Å². The van der Waals surface area contributed by atoms with Crippen LogP contribution in [0, 0.1) is 11.6 Å². The van der Waals surface area contributed by atoms with E-state index in [9.17, 15) is 8.78 Å². The fourth-order valence-corrected chi connectivity index (χ4v) is 2.63. The molecule has 2 aromatic rings. The highest BCUT2D eigenvalue weighted by molar-refractivity contribution is 9.10. The second-order valence-electron chi connectivity index (χ2n) is 4.37. The molecule has 108 valence electrons. The van der Waals surface area contributed by atoms with E-state index in [0.717, 1.165) is 24.6 Å². The summed E-state index contributed by atoms with van der Waals surface area (Å²) < 4.78 is 29.7. The van der Waals surface area contributed by atoms with E-state index in [-0.39, 0.29) is 5.56 Å². The van der Waals surface area contributed by atoms with Crippen molar-refractivity contribution in [2.45, 2.75) is 25.9 Å². The summed E-state index contributed by atoms with van der Waals surface area (Å²) in [5.41, 5.74) is 3.34. The summed E-state index contributed by atoms with van der Waals surface area (Å²) in [7, 11) is 0. The number of nitrogens with zero attached hydrogens (tertiary/aromatic N) is 2. The largest absolute Gasteiger partial charge is 0.271 e. The van der Waals surface area contributed by atoms with Gasteiger partial charge in [0.05, 0.1) is 22.4 Å². The minimum Gasteiger partial charge on any atom is -0.271 e. The summed E-state index contributed by atoms with van der Waals surface area (Å²) in [5, 5.41) is 4.21. The average Bonchev–Trinajstić information content (AvgIpc) is 2.77. The highest BCUT2D eigenvalue weighted by Crippen LogP contribution is 2.30. The monoisotopic (exact) mass is 344 g/mol. The van der Waals surface area contributed by atoms with Gasteiger partial charge >= 0.3 is 0 Å². The molecule has 0 fully saturated rings. The van der Waals surface area contributed by atoms with Crippen molar-refractivity contribution < 1.29 is 8.78 Å². The molecule has 1 unspecified atom stereocenters. The van der Waals surface area contributed by atoms with E-state index in [1.807, 2.05) is 6.92 Å². The van der Waals surface area contributed by atoms with Gasteiger partial charge in [-0.25, -0.2) is 14.2 Å². The Hall–Kier alpha value is -1.31. The van der Waals surface area contributed by atoms with Crippen LogP contribution in [0.1, 0.15) is 30.6 Å². The summed E-state index contributed by atoms with van der Waals surface area (Å²) in [6.07, 6.45) is 2.48. The number of hydrogen-bond acceptors (Lipinski definition) is 3. The summed E-state index contributed by atoms with van der Waals surface area (Å²) in [5.74, 6) is 4.51. The highest BCUT2D eigenvalue weighted by atomic mass is 79.9. The molecule has 0 saturated carbocycles. The van der Waals surface area contributed by atoms with Crippen molar-refractivity contribution in [3.8, 4) is 0 Å². The van der Waals surface area contributed by atoms with Crippen LogP contribution in [0.4, 0.5) is 8.78 Å². The molecule has 2 rings (SSSR count). The lowest BCUT2D eigenvalue weighted by Gasteiger charge is -2.19. The number of aryl methyl sites for hydroxylation is 1. The van der Waals surface area contributed by atoms with Crippen LogP contribution in [0.5, 0.6) is 0 Å². The first kappa shape index (κ1) is 15.1. The molecular formula is C13H15BrF2N4. The third-order valence-electron chi connectivity index (χ3n) is 2.98. The fraction of sp³-hybridized carbons (Fsp3) is 0.308. The van der Waals surface area contributed by atoms with Gasteiger partial charge in [-0.2, -0.15) is 5.10 Å². The minimum atomic E-state index is -0.686. The molecule has 1 atom stereocenters. The van der Waals surface area contributed by atoms with Crippen molar-refractivity contribution in [1.29, 1.82) is 0 Å². The van der Waals surface area contributed by atoms with Gasteiger partial charge < -0.3 is 0 Å². The Kier molecular flexibility index (Phi) is 4.85. The molecule has 7 heteroatoms. The van der Waals surface area contributed by atoms with Gasteiger partial charge in [-0.05, 0) is 40.5 Å². The first-order valence-corrected chi connectivity index (χ1v) is 7.00. The first-order valence-electron chi connectivity index (χ1n) is 6.20. The molecule has 3 N–H and O–H groups in total. The molecule has 0 spiro atoms. The number of hydrogen-bond donors (Lipinski definition) is 2. The number of halogens is 3. The van der Waals surface area contributed by atoms with Crippen molar-refractivity contribution in [2.24, 2.45) is 5.84 Å². The standard InChI is InChI=1S/C13H15BrF2N4/c1-2-5-20-13(10(14)7-18-20)12(19-17)9-6-8(15)3-4-11(9)16/h3-4,6-7,12,19H,2,5,17H2,1H3. The molecule has 0 saturated heterocycles. The molecule has 0 bridgehead atoms.